The number of thioether (sulfide) groups is 1. The Morgan fingerprint density at radius 2 is 2.42 bits per heavy atom. The second-order valence-corrected chi connectivity index (χ2v) is 6.11. The van der Waals surface area contributed by atoms with E-state index in [9.17, 15) is 9.59 Å². The smallest absolute Gasteiger partial charge is 0.325 e. The van der Waals surface area contributed by atoms with E-state index in [4.69, 9.17) is 10.5 Å². The predicted octanol–water partition coefficient (Wildman–Crippen LogP) is 0.593. The molecule has 19 heavy (non-hydrogen) atoms. The van der Waals surface area contributed by atoms with Crippen LogP contribution in [0, 0.1) is 6.92 Å². The molecule has 1 fully saturated rings. The number of nitrogens with one attached hydrogen (secondary N) is 1. The molecule has 0 radical (unpaired) electrons. The molecule has 1 aromatic heterocycles. The van der Waals surface area contributed by atoms with Crippen molar-refractivity contribution in [3.8, 4) is 0 Å². The summed E-state index contributed by atoms with van der Waals surface area (Å²) in [4.78, 5) is 29.9. The van der Waals surface area contributed by atoms with E-state index in [0.717, 1.165) is 6.42 Å². The number of rotatable bonds is 3. The molecule has 6 nitrogen and oxygen atoms in total. The summed E-state index contributed by atoms with van der Waals surface area (Å²) in [7, 11) is 1.34. The molecule has 2 unspecified atom stereocenters. The fourth-order valence-corrected chi connectivity index (χ4v) is 3.57. The minimum atomic E-state index is -0.906. The number of nitrogens with two attached hydrogens (primary N) is 1. The van der Waals surface area contributed by atoms with E-state index in [1.807, 2.05) is 0 Å². The van der Waals surface area contributed by atoms with Gasteiger partial charge in [-0.2, -0.15) is 0 Å². The highest BCUT2D eigenvalue weighted by Crippen LogP contribution is 2.38. The third kappa shape index (κ3) is 3.16. The molecule has 1 aliphatic rings. The van der Waals surface area contributed by atoms with E-state index in [1.54, 1.807) is 6.92 Å². The molecule has 0 aromatic carbocycles. The standard InChI is InChI=1S/C12H17N3O3S/c1-7-5-9(16)15-11(14-7)19-8-3-4-12(13,6-8)10(17)18-2/h5,8H,3-4,6,13H2,1-2H3,(H,14,15,16). The number of carbonyl (C=O) groups excluding carboxylic acids is 1. The van der Waals surface area contributed by atoms with Crippen LogP contribution in [-0.2, 0) is 9.53 Å². The number of hydrogen-bond donors (Lipinski definition) is 2. The van der Waals surface area contributed by atoms with Crippen molar-refractivity contribution in [2.45, 2.75) is 42.1 Å². The summed E-state index contributed by atoms with van der Waals surface area (Å²) in [6, 6.07) is 1.44. The Bertz CT molecular complexity index is 545. The van der Waals surface area contributed by atoms with E-state index >= 15 is 0 Å². The second kappa shape index (κ2) is 5.34. The van der Waals surface area contributed by atoms with E-state index in [-0.39, 0.29) is 16.8 Å². The summed E-state index contributed by atoms with van der Waals surface area (Å²) in [5, 5.41) is 0.734. The number of ether oxygens (including phenoxy) is 1. The molecule has 104 valence electrons. The fourth-order valence-electron chi connectivity index (χ4n) is 2.28. The van der Waals surface area contributed by atoms with E-state index in [2.05, 4.69) is 9.97 Å². The quantitative estimate of drug-likeness (QED) is 0.622. The molecule has 0 spiro atoms. The number of H-pyrrole nitrogens is 1. The third-order valence-corrected chi connectivity index (χ3v) is 4.37. The molecular weight excluding hydrogens is 266 g/mol. The lowest BCUT2D eigenvalue weighted by Gasteiger charge is -2.20. The third-order valence-electron chi connectivity index (χ3n) is 3.22. The predicted molar refractivity (Wildman–Crippen MR) is 72.0 cm³/mol. The van der Waals surface area contributed by atoms with Crippen molar-refractivity contribution in [1.82, 2.24) is 9.97 Å². The number of hydrogen-bond acceptors (Lipinski definition) is 6. The number of nitrogens with zero attached hydrogens (tertiary/aromatic N) is 1. The zero-order valence-electron chi connectivity index (χ0n) is 10.9. The van der Waals surface area contributed by atoms with Crippen LogP contribution in [0.25, 0.3) is 0 Å². The van der Waals surface area contributed by atoms with Gasteiger partial charge in [0.25, 0.3) is 5.56 Å². The van der Waals surface area contributed by atoms with Gasteiger partial charge in [0.1, 0.15) is 5.54 Å². The van der Waals surface area contributed by atoms with E-state index in [0.29, 0.717) is 23.7 Å². The van der Waals surface area contributed by atoms with Crippen LogP contribution in [0.3, 0.4) is 0 Å². The Balaban J connectivity index is 2.06. The first-order valence-corrected chi connectivity index (χ1v) is 6.93. The van der Waals surface area contributed by atoms with Gasteiger partial charge in [0.15, 0.2) is 5.16 Å². The molecule has 0 aliphatic heterocycles. The molecule has 1 aliphatic carbocycles. The topological polar surface area (TPSA) is 98.1 Å². The maximum atomic E-state index is 11.6. The van der Waals surface area contributed by atoms with E-state index < -0.39 is 5.54 Å². The molecule has 0 amide bonds. The Labute approximate surface area is 115 Å². The van der Waals surface area contributed by atoms with Crippen LogP contribution in [0.15, 0.2) is 16.0 Å². The Morgan fingerprint density at radius 3 is 3.05 bits per heavy atom. The normalized spacial score (nSPS) is 26.4. The highest BCUT2D eigenvalue weighted by atomic mass is 32.2. The number of aryl methyl sites for hydroxylation is 1. The first-order chi connectivity index (χ1) is 8.93. The number of methoxy groups -OCH3 is 1. The van der Waals surface area contributed by atoms with Gasteiger partial charge in [-0.3, -0.25) is 9.59 Å². The monoisotopic (exact) mass is 283 g/mol. The number of esters is 1. The number of carbonyl (C=O) groups is 1. The van der Waals surface area contributed by atoms with Gasteiger partial charge < -0.3 is 15.5 Å². The average molecular weight is 283 g/mol. The maximum Gasteiger partial charge on any atom is 0.325 e. The van der Waals surface area contributed by atoms with Crippen LogP contribution in [-0.4, -0.2) is 33.8 Å². The summed E-state index contributed by atoms with van der Waals surface area (Å²) in [5.41, 5.74) is 5.64. The van der Waals surface area contributed by atoms with Gasteiger partial charge in [-0.25, -0.2) is 4.98 Å². The molecule has 2 rings (SSSR count). The van der Waals surface area contributed by atoms with Crippen LogP contribution in [0.4, 0.5) is 0 Å². The first kappa shape index (κ1) is 14.1. The Hall–Kier alpha value is -1.34. The second-order valence-electron chi connectivity index (χ2n) is 4.82. The van der Waals surface area contributed by atoms with Crippen LogP contribution in [0.2, 0.25) is 0 Å². The fraction of sp³-hybridized carbons (Fsp3) is 0.583. The lowest BCUT2D eigenvalue weighted by atomic mass is 10.00. The van der Waals surface area contributed by atoms with Gasteiger partial charge in [-0.05, 0) is 26.2 Å². The number of aromatic amines is 1. The van der Waals surface area contributed by atoms with Crippen molar-refractivity contribution < 1.29 is 9.53 Å². The average Bonchev–Trinajstić information content (AvgIpc) is 2.69. The molecule has 2 atom stereocenters. The molecule has 7 heteroatoms. The summed E-state index contributed by atoms with van der Waals surface area (Å²) in [6.07, 6.45) is 1.92. The lowest BCUT2D eigenvalue weighted by Crippen LogP contribution is -2.46. The molecule has 0 saturated heterocycles. The molecule has 3 N–H and O–H groups in total. The van der Waals surface area contributed by atoms with Crippen LogP contribution < -0.4 is 11.3 Å². The van der Waals surface area contributed by atoms with Crippen molar-refractivity contribution in [1.29, 1.82) is 0 Å². The zero-order valence-corrected chi connectivity index (χ0v) is 11.8. The van der Waals surface area contributed by atoms with Crippen LogP contribution in [0.5, 0.6) is 0 Å². The molecule has 1 heterocycles. The molecule has 0 bridgehead atoms. The highest BCUT2D eigenvalue weighted by Gasteiger charge is 2.43. The van der Waals surface area contributed by atoms with Crippen LogP contribution in [0.1, 0.15) is 25.0 Å². The van der Waals surface area contributed by atoms with Crippen LogP contribution >= 0.6 is 11.8 Å². The number of aromatic nitrogens is 2. The van der Waals surface area contributed by atoms with Gasteiger partial charge in [-0.1, -0.05) is 11.8 Å². The Kier molecular flexibility index (Phi) is 3.96. The SMILES string of the molecule is COC(=O)C1(N)CCC(Sc2nc(C)cc(=O)[nH]2)C1. The minimum Gasteiger partial charge on any atom is -0.468 e. The summed E-state index contributed by atoms with van der Waals surface area (Å²) in [6.45, 7) is 1.77. The molecule has 1 saturated carbocycles. The van der Waals surface area contributed by atoms with Gasteiger partial charge >= 0.3 is 5.97 Å². The zero-order chi connectivity index (χ0) is 14.0. The summed E-state index contributed by atoms with van der Waals surface area (Å²) < 4.78 is 4.73. The lowest BCUT2D eigenvalue weighted by molar-refractivity contribution is -0.146. The van der Waals surface area contributed by atoms with Crippen molar-refractivity contribution in [3.05, 3.63) is 22.1 Å². The van der Waals surface area contributed by atoms with Gasteiger partial charge in [0, 0.05) is 17.0 Å². The van der Waals surface area contributed by atoms with Crippen molar-refractivity contribution in [2.75, 3.05) is 7.11 Å². The Morgan fingerprint density at radius 1 is 1.68 bits per heavy atom. The minimum absolute atomic E-state index is 0.161. The van der Waals surface area contributed by atoms with Gasteiger partial charge in [-0.15, -0.1) is 0 Å². The van der Waals surface area contributed by atoms with Crippen molar-refractivity contribution in [2.24, 2.45) is 5.73 Å². The molecular formula is C12H17N3O3S. The van der Waals surface area contributed by atoms with E-state index in [1.165, 1.54) is 24.9 Å². The highest BCUT2D eigenvalue weighted by molar-refractivity contribution is 7.99. The summed E-state index contributed by atoms with van der Waals surface area (Å²) >= 11 is 1.46. The summed E-state index contributed by atoms with van der Waals surface area (Å²) in [5.74, 6) is -0.374. The largest absolute Gasteiger partial charge is 0.468 e. The maximum absolute atomic E-state index is 11.6. The van der Waals surface area contributed by atoms with Gasteiger partial charge in [0.05, 0.1) is 7.11 Å². The van der Waals surface area contributed by atoms with Crippen molar-refractivity contribution >= 4 is 17.7 Å². The van der Waals surface area contributed by atoms with Gasteiger partial charge in [0.2, 0.25) is 0 Å². The first-order valence-electron chi connectivity index (χ1n) is 6.05. The molecule has 1 aromatic rings. The van der Waals surface area contributed by atoms with Crippen molar-refractivity contribution in [3.63, 3.8) is 0 Å².